The van der Waals surface area contributed by atoms with Crippen molar-refractivity contribution in [2.45, 2.75) is 13.3 Å². The lowest BCUT2D eigenvalue weighted by molar-refractivity contribution is 0.406. The van der Waals surface area contributed by atoms with Crippen molar-refractivity contribution in [3.63, 3.8) is 0 Å². The van der Waals surface area contributed by atoms with Crippen molar-refractivity contribution in [1.82, 2.24) is 0 Å². The van der Waals surface area contributed by atoms with Crippen molar-refractivity contribution >= 4 is 17.5 Å². The number of rotatable bonds is 1. The molecule has 0 aromatic heterocycles. The Morgan fingerprint density at radius 1 is 1.67 bits per heavy atom. The zero-order chi connectivity index (χ0) is 8.97. The monoisotopic (exact) mass is 185 g/mol. The quantitative estimate of drug-likeness (QED) is 0.576. The maximum Gasteiger partial charge on any atom is 0.212 e. The minimum atomic E-state index is 0.538. The van der Waals surface area contributed by atoms with Crippen LogP contribution in [0.5, 0.6) is 0 Å². The Morgan fingerprint density at radius 2 is 2.42 bits per heavy atom. The van der Waals surface area contributed by atoms with Crippen LogP contribution in [0.3, 0.4) is 0 Å². The predicted molar refractivity (Wildman–Crippen MR) is 51.6 cm³/mol. The van der Waals surface area contributed by atoms with Gasteiger partial charge in [0.2, 0.25) is 5.90 Å². The van der Waals surface area contributed by atoms with Crippen molar-refractivity contribution in [3.05, 3.63) is 23.4 Å². The lowest BCUT2D eigenvalue weighted by Crippen LogP contribution is -1.95. The van der Waals surface area contributed by atoms with Gasteiger partial charge in [-0.3, -0.25) is 0 Å². The molecule has 3 heteroatoms. The van der Waals surface area contributed by atoms with Crippen molar-refractivity contribution < 1.29 is 4.74 Å². The minimum absolute atomic E-state index is 0.538. The number of methoxy groups -OCH3 is 1. The van der Waals surface area contributed by atoms with E-state index in [1.165, 1.54) is 0 Å². The van der Waals surface area contributed by atoms with Crippen LogP contribution in [0.2, 0.25) is 0 Å². The molecule has 0 atom stereocenters. The summed E-state index contributed by atoms with van der Waals surface area (Å²) in [6.07, 6.45) is 4.74. The van der Waals surface area contributed by atoms with Crippen LogP contribution in [-0.4, -0.2) is 18.9 Å². The maximum absolute atomic E-state index is 5.74. The van der Waals surface area contributed by atoms with E-state index < -0.39 is 0 Å². The number of nitrogens with zero attached hydrogens (tertiary/aromatic N) is 1. The van der Waals surface area contributed by atoms with Gasteiger partial charge in [-0.2, -0.15) is 0 Å². The van der Waals surface area contributed by atoms with Crippen LogP contribution in [0, 0.1) is 0 Å². The summed E-state index contributed by atoms with van der Waals surface area (Å²) in [5.41, 5.74) is 2.12. The minimum Gasteiger partial charge on any atom is -0.481 e. The van der Waals surface area contributed by atoms with E-state index in [9.17, 15) is 0 Å². The van der Waals surface area contributed by atoms with E-state index in [4.69, 9.17) is 16.3 Å². The largest absolute Gasteiger partial charge is 0.481 e. The molecular formula is C9H12ClNO. The average Bonchev–Trinajstić information content (AvgIpc) is 2.26. The Kier molecular flexibility index (Phi) is 3.35. The molecule has 0 amide bonds. The van der Waals surface area contributed by atoms with Crippen LogP contribution >= 0.6 is 11.6 Å². The number of hydrogen-bond acceptors (Lipinski definition) is 2. The van der Waals surface area contributed by atoms with Crippen LogP contribution < -0.4 is 0 Å². The first-order valence-corrected chi connectivity index (χ1v) is 4.35. The van der Waals surface area contributed by atoms with E-state index in [0.717, 1.165) is 17.7 Å². The van der Waals surface area contributed by atoms with Gasteiger partial charge in [-0.15, -0.1) is 11.6 Å². The Balaban J connectivity index is 2.91. The molecule has 0 N–H and O–H groups in total. The summed E-state index contributed by atoms with van der Waals surface area (Å²) in [5, 5.41) is 0. The summed E-state index contributed by atoms with van der Waals surface area (Å²) >= 11 is 5.74. The highest BCUT2D eigenvalue weighted by molar-refractivity contribution is 6.19. The van der Waals surface area contributed by atoms with Crippen LogP contribution in [0.15, 0.2) is 28.4 Å². The lowest BCUT2D eigenvalue weighted by atomic mass is 10.2. The van der Waals surface area contributed by atoms with E-state index in [1.54, 1.807) is 7.11 Å². The molecule has 1 rings (SSSR count). The lowest BCUT2D eigenvalue weighted by Gasteiger charge is -2.00. The molecule has 0 saturated heterocycles. The van der Waals surface area contributed by atoms with Gasteiger partial charge in [0, 0.05) is 11.6 Å². The molecule has 0 unspecified atom stereocenters. The number of alkyl halides is 1. The van der Waals surface area contributed by atoms with E-state index in [1.807, 2.05) is 19.1 Å². The second-order valence-corrected chi connectivity index (χ2v) is 2.85. The molecule has 0 radical (unpaired) electrons. The fourth-order valence-corrected chi connectivity index (χ4v) is 1.30. The predicted octanol–water partition coefficient (Wildman–Crippen LogP) is 2.50. The van der Waals surface area contributed by atoms with Crippen LogP contribution in [0.25, 0.3) is 0 Å². The molecule has 0 fully saturated rings. The van der Waals surface area contributed by atoms with Crippen LogP contribution in [-0.2, 0) is 4.74 Å². The molecule has 12 heavy (non-hydrogen) atoms. The maximum atomic E-state index is 5.74. The van der Waals surface area contributed by atoms with E-state index in [-0.39, 0.29) is 0 Å². The number of allylic oxidation sites excluding steroid dienone is 3. The van der Waals surface area contributed by atoms with Crippen molar-refractivity contribution in [2.24, 2.45) is 4.99 Å². The van der Waals surface area contributed by atoms with Crippen molar-refractivity contribution in [3.8, 4) is 0 Å². The smallest absolute Gasteiger partial charge is 0.212 e. The van der Waals surface area contributed by atoms with Gasteiger partial charge >= 0.3 is 0 Å². The van der Waals surface area contributed by atoms with Gasteiger partial charge in [-0.05, 0) is 25.0 Å². The molecule has 0 aromatic carbocycles. The average molecular weight is 186 g/mol. The highest BCUT2D eigenvalue weighted by Gasteiger charge is 2.04. The second-order valence-electron chi connectivity index (χ2n) is 2.58. The van der Waals surface area contributed by atoms with Crippen LogP contribution in [0.4, 0.5) is 0 Å². The van der Waals surface area contributed by atoms with E-state index in [0.29, 0.717) is 11.8 Å². The summed E-state index contributed by atoms with van der Waals surface area (Å²) in [7, 11) is 1.61. The summed E-state index contributed by atoms with van der Waals surface area (Å²) in [6, 6.07) is 0. The Morgan fingerprint density at radius 3 is 3.00 bits per heavy atom. The molecule has 0 bridgehead atoms. The normalized spacial score (nSPS) is 17.4. The third-order valence-corrected chi connectivity index (χ3v) is 2.11. The van der Waals surface area contributed by atoms with Gasteiger partial charge in [0.1, 0.15) is 0 Å². The fraction of sp³-hybridized carbons (Fsp3) is 0.444. The third-order valence-electron chi connectivity index (χ3n) is 1.78. The van der Waals surface area contributed by atoms with Gasteiger partial charge < -0.3 is 4.74 Å². The molecule has 1 heterocycles. The molecule has 1 aliphatic rings. The Hall–Kier alpha value is -0.760. The topological polar surface area (TPSA) is 21.6 Å². The first-order valence-electron chi connectivity index (χ1n) is 3.81. The van der Waals surface area contributed by atoms with E-state index in [2.05, 4.69) is 4.99 Å². The van der Waals surface area contributed by atoms with Crippen LogP contribution in [0.1, 0.15) is 13.3 Å². The fourth-order valence-electron chi connectivity index (χ4n) is 0.996. The standard InChI is InChI=1S/C9H12ClNO/c1-7-8(6-10)4-3-5-9(11-7)12-2/h3,5H,4,6H2,1-2H3. The molecule has 2 nitrogen and oxygen atoms in total. The summed E-state index contributed by atoms with van der Waals surface area (Å²) in [4.78, 5) is 4.25. The highest BCUT2D eigenvalue weighted by Crippen LogP contribution is 2.15. The summed E-state index contributed by atoms with van der Waals surface area (Å²) in [6.45, 7) is 1.95. The molecule has 66 valence electrons. The molecule has 0 saturated carbocycles. The first kappa shape index (κ1) is 9.33. The second kappa shape index (κ2) is 4.31. The number of ether oxygens (including phenoxy) is 1. The SMILES string of the molecule is COC1=NC(C)=C(CCl)CC=C1. The first-order chi connectivity index (χ1) is 5.77. The summed E-state index contributed by atoms with van der Waals surface area (Å²) in [5.74, 6) is 1.18. The van der Waals surface area contributed by atoms with Crippen molar-refractivity contribution in [2.75, 3.05) is 13.0 Å². The zero-order valence-corrected chi connectivity index (χ0v) is 8.06. The Labute approximate surface area is 77.6 Å². The van der Waals surface area contributed by atoms with Gasteiger partial charge in [-0.25, -0.2) is 4.99 Å². The van der Waals surface area contributed by atoms with Gasteiger partial charge in [-0.1, -0.05) is 6.08 Å². The van der Waals surface area contributed by atoms with Crippen molar-refractivity contribution in [1.29, 1.82) is 0 Å². The van der Waals surface area contributed by atoms with Gasteiger partial charge in [0.05, 0.1) is 7.11 Å². The third kappa shape index (κ3) is 2.11. The molecular weight excluding hydrogens is 174 g/mol. The zero-order valence-electron chi connectivity index (χ0n) is 7.30. The summed E-state index contributed by atoms with van der Waals surface area (Å²) < 4.78 is 5.02. The highest BCUT2D eigenvalue weighted by atomic mass is 35.5. The van der Waals surface area contributed by atoms with Gasteiger partial charge in [0.25, 0.3) is 0 Å². The number of halogens is 1. The number of aliphatic imine (C=N–C) groups is 1. The Bertz CT molecular complexity index is 253. The van der Waals surface area contributed by atoms with E-state index >= 15 is 0 Å². The van der Waals surface area contributed by atoms with Gasteiger partial charge in [0.15, 0.2) is 0 Å². The number of hydrogen-bond donors (Lipinski definition) is 0. The molecule has 0 aliphatic carbocycles. The molecule has 0 aromatic rings. The molecule has 0 spiro atoms. The molecule has 1 aliphatic heterocycles.